The zero-order valence-corrected chi connectivity index (χ0v) is 8.32. The van der Waals surface area contributed by atoms with Gasteiger partial charge in [-0.25, -0.2) is 0 Å². The van der Waals surface area contributed by atoms with Crippen LogP contribution >= 0.6 is 0 Å². The molecule has 1 aliphatic rings. The van der Waals surface area contributed by atoms with Crippen molar-refractivity contribution in [3.63, 3.8) is 0 Å². The standard InChI is InChI=1S/C12H14O2/c1-2-10(13)12-8-7-9-5-3-4-6-11(9)14-12/h3-6,12H,2,7-8H2,1H3/t12-/m0/s1. The molecular weight excluding hydrogens is 176 g/mol. The molecular formula is C12H14O2. The van der Waals surface area contributed by atoms with Gasteiger partial charge in [0.05, 0.1) is 0 Å². The number of rotatable bonds is 2. The van der Waals surface area contributed by atoms with Gasteiger partial charge in [-0.2, -0.15) is 0 Å². The lowest BCUT2D eigenvalue weighted by molar-refractivity contribution is -0.126. The average molecular weight is 190 g/mol. The lowest BCUT2D eigenvalue weighted by Gasteiger charge is -2.24. The van der Waals surface area contributed by atoms with Crippen molar-refractivity contribution < 1.29 is 9.53 Å². The maximum atomic E-state index is 11.5. The van der Waals surface area contributed by atoms with E-state index in [1.807, 2.05) is 25.1 Å². The fourth-order valence-corrected chi connectivity index (χ4v) is 1.78. The molecule has 14 heavy (non-hydrogen) atoms. The van der Waals surface area contributed by atoms with Crippen LogP contribution in [0.5, 0.6) is 5.75 Å². The molecule has 0 amide bonds. The molecule has 1 atom stereocenters. The van der Waals surface area contributed by atoms with E-state index < -0.39 is 0 Å². The van der Waals surface area contributed by atoms with Crippen LogP contribution < -0.4 is 4.74 Å². The van der Waals surface area contributed by atoms with Crippen molar-refractivity contribution in [1.82, 2.24) is 0 Å². The Morgan fingerprint density at radius 2 is 2.29 bits per heavy atom. The van der Waals surface area contributed by atoms with Crippen molar-refractivity contribution >= 4 is 5.78 Å². The zero-order valence-electron chi connectivity index (χ0n) is 8.32. The number of ether oxygens (including phenoxy) is 1. The van der Waals surface area contributed by atoms with Crippen LogP contribution in [0, 0.1) is 0 Å². The molecule has 2 rings (SSSR count). The highest BCUT2D eigenvalue weighted by Crippen LogP contribution is 2.27. The third-order valence-electron chi connectivity index (χ3n) is 2.63. The van der Waals surface area contributed by atoms with Crippen LogP contribution in [0.2, 0.25) is 0 Å². The number of carbonyl (C=O) groups excluding carboxylic acids is 1. The second-order valence-electron chi connectivity index (χ2n) is 3.57. The Labute approximate surface area is 83.9 Å². The largest absolute Gasteiger partial charge is 0.482 e. The van der Waals surface area contributed by atoms with Gasteiger partial charge in [0.15, 0.2) is 11.9 Å². The molecule has 0 radical (unpaired) electrons. The van der Waals surface area contributed by atoms with E-state index in [1.54, 1.807) is 0 Å². The summed E-state index contributed by atoms with van der Waals surface area (Å²) in [6.45, 7) is 1.88. The van der Waals surface area contributed by atoms with E-state index in [4.69, 9.17) is 4.74 Å². The van der Waals surface area contributed by atoms with Crippen LogP contribution in [-0.4, -0.2) is 11.9 Å². The molecule has 0 saturated heterocycles. The Balaban J connectivity index is 2.17. The van der Waals surface area contributed by atoms with Crippen molar-refractivity contribution in [2.24, 2.45) is 0 Å². The predicted octanol–water partition coefficient (Wildman–Crippen LogP) is 2.36. The van der Waals surface area contributed by atoms with Crippen molar-refractivity contribution in [1.29, 1.82) is 0 Å². The molecule has 2 nitrogen and oxygen atoms in total. The molecule has 74 valence electrons. The van der Waals surface area contributed by atoms with Gasteiger partial charge >= 0.3 is 0 Å². The fourth-order valence-electron chi connectivity index (χ4n) is 1.78. The van der Waals surface area contributed by atoms with E-state index in [9.17, 15) is 4.79 Å². The van der Waals surface area contributed by atoms with Crippen LogP contribution in [0.1, 0.15) is 25.3 Å². The number of fused-ring (bicyclic) bond motifs is 1. The summed E-state index contributed by atoms with van der Waals surface area (Å²) in [5.74, 6) is 1.09. The average Bonchev–Trinajstić information content (AvgIpc) is 2.27. The van der Waals surface area contributed by atoms with Crippen LogP contribution in [0.25, 0.3) is 0 Å². The van der Waals surface area contributed by atoms with Crippen LogP contribution in [-0.2, 0) is 11.2 Å². The summed E-state index contributed by atoms with van der Waals surface area (Å²) >= 11 is 0. The molecule has 1 aliphatic heterocycles. The summed E-state index contributed by atoms with van der Waals surface area (Å²) < 4.78 is 5.64. The number of hydrogen-bond acceptors (Lipinski definition) is 2. The summed E-state index contributed by atoms with van der Waals surface area (Å²) in [6, 6.07) is 7.94. The third-order valence-corrected chi connectivity index (χ3v) is 2.63. The van der Waals surface area contributed by atoms with Crippen LogP contribution in [0.15, 0.2) is 24.3 Å². The first-order chi connectivity index (χ1) is 6.81. The quantitative estimate of drug-likeness (QED) is 0.715. The number of ketones is 1. The van der Waals surface area contributed by atoms with Gasteiger partial charge in [0, 0.05) is 6.42 Å². The summed E-state index contributed by atoms with van der Waals surface area (Å²) in [5.41, 5.74) is 1.22. The zero-order chi connectivity index (χ0) is 9.97. The minimum atomic E-state index is -0.213. The Morgan fingerprint density at radius 3 is 3.07 bits per heavy atom. The van der Waals surface area contributed by atoms with E-state index in [2.05, 4.69) is 6.07 Å². The molecule has 1 aromatic rings. The summed E-state index contributed by atoms with van der Waals surface area (Å²) in [5, 5.41) is 0. The van der Waals surface area contributed by atoms with Gasteiger partial charge in [-0.15, -0.1) is 0 Å². The Hall–Kier alpha value is -1.31. The van der Waals surface area contributed by atoms with Crippen LogP contribution in [0.3, 0.4) is 0 Å². The number of benzene rings is 1. The lowest BCUT2D eigenvalue weighted by Crippen LogP contribution is -2.30. The smallest absolute Gasteiger partial charge is 0.173 e. The maximum absolute atomic E-state index is 11.5. The van der Waals surface area contributed by atoms with Gasteiger partial charge < -0.3 is 4.74 Å². The second kappa shape index (κ2) is 3.82. The van der Waals surface area contributed by atoms with E-state index in [-0.39, 0.29) is 11.9 Å². The minimum Gasteiger partial charge on any atom is -0.482 e. The predicted molar refractivity (Wildman–Crippen MR) is 54.5 cm³/mol. The van der Waals surface area contributed by atoms with Gasteiger partial charge in [0.1, 0.15) is 5.75 Å². The topological polar surface area (TPSA) is 26.3 Å². The first-order valence-electron chi connectivity index (χ1n) is 5.08. The summed E-state index contributed by atoms with van der Waals surface area (Å²) in [7, 11) is 0. The molecule has 2 heteroatoms. The fraction of sp³-hybridized carbons (Fsp3) is 0.417. The Morgan fingerprint density at radius 1 is 1.50 bits per heavy atom. The van der Waals surface area contributed by atoms with Gasteiger partial charge in [0.2, 0.25) is 0 Å². The molecule has 0 unspecified atom stereocenters. The minimum absolute atomic E-state index is 0.208. The molecule has 0 bridgehead atoms. The number of Topliss-reactive ketones (excluding diaryl/α,β-unsaturated/α-hetero) is 1. The summed E-state index contributed by atoms with van der Waals surface area (Å²) in [4.78, 5) is 11.5. The molecule has 0 fully saturated rings. The molecule has 0 saturated carbocycles. The van der Waals surface area contributed by atoms with Gasteiger partial charge in [-0.1, -0.05) is 25.1 Å². The number of carbonyl (C=O) groups is 1. The van der Waals surface area contributed by atoms with Crippen molar-refractivity contribution in [3.8, 4) is 5.75 Å². The number of para-hydroxylation sites is 1. The highest BCUT2D eigenvalue weighted by atomic mass is 16.5. The highest BCUT2D eigenvalue weighted by Gasteiger charge is 2.23. The Bertz CT molecular complexity index is 344. The van der Waals surface area contributed by atoms with Gasteiger partial charge in [-0.05, 0) is 24.5 Å². The third kappa shape index (κ3) is 1.65. The molecule has 0 aliphatic carbocycles. The SMILES string of the molecule is CCC(=O)[C@@H]1CCc2ccccc2O1. The maximum Gasteiger partial charge on any atom is 0.173 e. The monoisotopic (exact) mass is 190 g/mol. The van der Waals surface area contributed by atoms with E-state index in [0.29, 0.717) is 6.42 Å². The number of hydrogen-bond donors (Lipinski definition) is 0. The normalized spacial score (nSPS) is 19.6. The molecule has 0 spiro atoms. The van der Waals surface area contributed by atoms with E-state index in [1.165, 1.54) is 5.56 Å². The van der Waals surface area contributed by atoms with E-state index >= 15 is 0 Å². The first kappa shape index (κ1) is 9.25. The van der Waals surface area contributed by atoms with E-state index in [0.717, 1.165) is 18.6 Å². The second-order valence-corrected chi connectivity index (χ2v) is 3.57. The molecule has 0 aromatic heterocycles. The Kier molecular flexibility index (Phi) is 2.53. The van der Waals surface area contributed by atoms with Crippen molar-refractivity contribution in [3.05, 3.63) is 29.8 Å². The molecule has 1 aromatic carbocycles. The number of aryl methyl sites for hydroxylation is 1. The molecule has 1 heterocycles. The highest BCUT2D eigenvalue weighted by molar-refractivity contribution is 5.83. The lowest BCUT2D eigenvalue weighted by atomic mass is 9.99. The van der Waals surface area contributed by atoms with Gasteiger partial charge in [-0.3, -0.25) is 4.79 Å². The first-order valence-corrected chi connectivity index (χ1v) is 5.08. The van der Waals surface area contributed by atoms with Crippen molar-refractivity contribution in [2.45, 2.75) is 32.3 Å². The van der Waals surface area contributed by atoms with Gasteiger partial charge in [0.25, 0.3) is 0 Å². The van der Waals surface area contributed by atoms with Crippen molar-refractivity contribution in [2.75, 3.05) is 0 Å². The summed E-state index contributed by atoms with van der Waals surface area (Å²) in [6.07, 6.45) is 2.12. The molecule has 0 N–H and O–H groups in total. The van der Waals surface area contributed by atoms with Crippen LogP contribution in [0.4, 0.5) is 0 Å².